The van der Waals surface area contributed by atoms with E-state index >= 15 is 0 Å². The average Bonchev–Trinajstić information content (AvgIpc) is 3.72. The lowest BCUT2D eigenvalue weighted by atomic mass is 9.80. The second-order valence-corrected chi connectivity index (χ2v) is 10.5. The molecule has 1 saturated carbocycles. The van der Waals surface area contributed by atoms with Crippen molar-refractivity contribution in [2.24, 2.45) is 13.0 Å². The monoisotopic (exact) mass is 495 g/mol. The Morgan fingerprint density at radius 2 is 1.92 bits per heavy atom. The fourth-order valence-corrected chi connectivity index (χ4v) is 5.75. The number of aromatic nitrogens is 3. The van der Waals surface area contributed by atoms with Crippen molar-refractivity contribution in [3.63, 3.8) is 0 Å². The number of hydrogen-bond donors (Lipinski definition) is 1. The molecule has 1 aliphatic carbocycles. The summed E-state index contributed by atoms with van der Waals surface area (Å²) in [6.45, 7) is 2.87. The summed E-state index contributed by atoms with van der Waals surface area (Å²) in [5, 5.41) is 4.63. The summed E-state index contributed by atoms with van der Waals surface area (Å²) in [6.07, 6.45) is 10.6. The predicted octanol–water partition coefficient (Wildman–Crippen LogP) is 3.67. The Morgan fingerprint density at radius 3 is 2.70 bits per heavy atom. The Balaban J connectivity index is 1.30. The molecule has 2 fully saturated rings. The third kappa shape index (κ3) is 4.83. The van der Waals surface area contributed by atoms with Crippen molar-refractivity contribution < 1.29 is 4.79 Å². The number of benzene rings is 1. The van der Waals surface area contributed by atoms with Crippen LogP contribution in [-0.4, -0.2) is 44.1 Å². The molecule has 1 saturated heterocycles. The molecule has 0 unspecified atom stereocenters. The fraction of sp³-hybridized carbons (Fsp3) is 0.367. The van der Waals surface area contributed by atoms with Gasteiger partial charge in [-0.25, -0.2) is 0 Å². The van der Waals surface area contributed by atoms with Crippen molar-refractivity contribution >= 4 is 16.8 Å². The van der Waals surface area contributed by atoms with Gasteiger partial charge >= 0.3 is 0 Å². The molecule has 6 rings (SSSR count). The molecule has 2 atom stereocenters. The number of piperidine rings is 1. The summed E-state index contributed by atoms with van der Waals surface area (Å²) < 4.78 is 3.86. The maximum absolute atomic E-state index is 14.1. The maximum Gasteiger partial charge on any atom is 0.250 e. The zero-order valence-electron chi connectivity index (χ0n) is 21.2. The topological polar surface area (TPSA) is 72.2 Å². The molecule has 1 aromatic carbocycles. The van der Waals surface area contributed by atoms with Crippen LogP contribution in [0.15, 0.2) is 78.1 Å². The molecular formula is C30H33N5O2. The highest BCUT2D eigenvalue weighted by Gasteiger charge is 2.40. The number of hydrogen-bond acceptors (Lipinski definition) is 4. The number of para-hydroxylation sites is 1. The highest BCUT2D eigenvalue weighted by atomic mass is 16.2. The molecule has 2 aliphatic rings. The van der Waals surface area contributed by atoms with Gasteiger partial charge in [-0.15, -0.1) is 0 Å². The first kappa shape index (κ1) is 23.7. The van der Waals surface area contributed by atoms with Crippen LogP contribution in [0.3, 0.4) is 0 Å². The molecule has 7 heteroatoms. The van der Waals surface area contributed by atoms with Crippen LogP contribution in [0.4, 0.5) is 0 Å². The van der Waals surface area contributed by atoms with Gasteiger partial charge in [0.1, 0.15) is 0 Å². The summed E-state index contributed by atoms with van der Waals surface area (Å²) in [7, 11) is 1.76. The average molecular weight is 496 g/mol. The van der Waals surface area contributed by atoms with Gasteiger partial charge in [0.2, 0.25) is 5.91 Å². The minimum atomic E-state index is -0.174. The molecule has 3 aromatic heterocycles. The highest BCUT2D eigenvalue weighted by molar-refractivity contribution is 5.86. The summed E-state index contributed by atoms with van der Waals surface area (Å²) in [4.78, 5) is 32.8. The number of nitrogens with zero attached hydrogens (tertiary/aromatic N) is 4. The van der Waals surface area contributed by atoms with Crippen LogP contribution < -0.4 is 10.9 Å². The van der Waals surface area contributed by atoms with Crippen LogP contribution in [0, 0.1) is 5.92 Å². The van der Waals surface area contributed by atoms with Gasteiger partial charge in [-0.2, -0.15) is 0 Å². The second-order valence-electron chi connectivity index (χ2n) is 10.5. The first-order valence-corrected chi connectivity index (χ1v) is 13.2. The first-order valence-electron chi connectivity index (χ1n) is 13.2. The number of carbonyl (C=O) groups excluding carboxylic acids is 1. The minimum Gasteiger partial charge on any atom is -0.343 e. The lowest BCUT2D eigenvalue weighted by Gasteiger charge is -2.35. The lowest BCUT2D eigenvalue weighted by Crippen LogP contribution is -2.47. The Bertz CT molecular complexity index is 1470. The molecule has 1 N–H and O–H groups in total. The third-order valence-electron chi connectivity index (χ3n) is 7.94. The number of aryl methyl sites for hydroxylation is 1. The summed E-state index contributed by atoms with van der Waals surface area (Å²) in [5.74, 6) is 0.0786. The van der Waals surface area contributed by atoms with E-state index in [4.69, 9.17) is 0 Å². The lowest BCUT2D eigenvalue weighted by molar-refractivity contribution is -0.138. The van der Waals surface area contributed by atoms with Gasteiger partial charge in [0.15, 0.2) is 0 Å². The quantitative estimate of drug-likeness (QED) is 0.425. The number of nitrogens with one attached hydrogen (secondary N) is 1. The molecule has 4 heterocycles. The number of carbonyl (C=O) groups is 1. The molecule has 0 spiro atoms. The Labute approximate surface area is 216 Å². The number of fused-ring (bicyclic) bond motifs is 1. The van der Waals surface area contributed by atoms with Crippen LogP contribution >= 0.6 is 0 Å². The van der Waals surface area contributed by atoms with Gasteiger partial charge in [0.05, 0.1) is 5.92 Å². The summed E-state index contributed by atoms with van der Waals surface area (Å²) >= 11 is 0. The highest BCUT2D eigenvalue weighted by Crippen LogP contribution is 2.36. The van der Waals surface area contributed by atoms with E-state index in [-0.39, 0.29) is 23.3 Å². The normalized spacial score (nSPS) is 19.7. The van der Waals surface area contributed by atoms with Crippen LogP contribution in [0.5, 0.6) is 0 Å². The number of pyridine rings is 2. The Morgan fingerprint density at radius 1 is 1.11 bits per heavy atom. The molecular weight excluding hydrogens is 462 g/mol. The predicted molar refractivity (Wildman–Crippen MR) is 144 cm³/mol. The van der Waals surface area contributed by atoms with Crippen molar-refractivity contribution in [2.45, 2.75) is 44.3 Å². The molecule has 37 heavy (non-hydrogen) atoms. The van der Waals surface area contributed by atoms with Crippen molar-refractivity contribution in [1.29, 1.82) is 0 Å². The van der Waals surface area contributed by atoms with Crippen molar-refractivity contribution in [1.82, 2.24) is 24.3 Å². The van der Waals surface area contributed by atoms with Crippen molar-refractivity contribution in [3.05, 3.63) is 100 Å². The molecule has 7 nitrogen and oxygen atoms in total. The van der Waals surface area contributed by atoms with Gasteiger partial charge in [-0.1, -0.05) is 18.2 Å². The van der Waals surface area contributed by atoms with Gasteiger partial charge in [0, 0.05) is 74.5 Å². The van der Waals surface area contributed by atoms with Crippen LogP contribution in [0.25, 0.3) is 10.9 Å². The van der Waals surface area contributed by atoms with E-state index in [2.05, 4.69) is 50.2 Å². The Kier molecular flexibility index (Phi) is 6.38. The molecule has 1 amide bonds. The largest absolute Gasteiger partial charge is 0.343 e. The van der Waals surface area contributed by atoms with Gasteiger partial charge in [-0.3, -0.25) is 14.6 Å². The van der Waals surface area contributed by atoms with Gasteiger partial charge in [0.25, 0.3) is 5.56 Å². The summed E-state index contributed by atoms with van der Waals surface area (Å²) in [6, 6.07) is 16.6. The fourth-order valence-electron chi connectivity index (χ4n) is 5.75. The smallest absolute Gasteiger partial charge is 0.250 e. The van der Waals surface area contributed by atoms with E-state index < -0.39 is 0 Å². The van der Waals surface area contributed by atoms with Gasteiger partial charge < -0.3 is 19.4 Å². The molecule has 1 aliphatic heterocycles. The first-order chi connectivity index (χ1) is 18.1. The molecule has 4 aromatic rings. The van der Waals surface area contributed by atoms with E-state index in [1.54, 1.807) is 17.7 Å². The van der Waals surface area contributed by atoms with Crippen molar-refractivity contribution in [2.75, 3.05) is 13.1 Å². The zero-order valence-corrected chi connectivity index (χ0v) is 21.2. The maximum atomic E-state index is 14.1. The molecule has 0 radical (unpaired) electrons. The standard InChI is InChI=1S/C30H33N5O2/c1-33-15-11-22(16-29(33)36)25-10-14-32-17-27(25)30(37)35(24-6-7-24)20-23-19-34(18-21-8-12-31-13-9-21)28-5-3-2-4-26(23)28/h2-5,8-9,11-13,15-16,19,24-25,27,32H,6-7,10,14,17-18,20H2,1H3/t25-,27+/m1/s1. The van der Waals surface area contributed by atoms with E-state index in [1.165, 1.54) is 22.0 Å². The van der Waals surface area contributed by atoms with Crippen LogP contribution in [-0.2, 0) is 24.9 Å². The summed E-state index contributed by atoms with van der Waals surface area (Å²) in [5.41, 5.74) is 4.51. The van der Waals surface area contributed by atoms with Crippen molar-refractivity contribution in [3.8, 4) is 0 Å². The molecule has 0 bridgehead atoms. The number of amides is 1. The van der Waals surface area contributed by atoms with Gasteiger partial charge in [-0.05, 0) is 72.7 Å². The van der Waals surface area contributed by atoms with E-state index in [1.807, 2.05) is 36.8 Å². The van der Waals surface area contributed by atoms with E-state index in [0.717, 1.165) is 37.9 Å². The third-order valence-corrected chi connectivity index (χ3v) is 7.94. The van der Waals surface area contributed by atoms with E-state index in [0.29, 0.717) is 19.1 Å². The number of rotatable bonds is 7. The SMILES string of the molecule is Cn1ccc([C@H]2CCNC[C@@H]2C(=O)N(Cc2cn(Cc3ccncc3)c3ccccc23)C2CC2)cc1=O. The van der Waals surface area contributed by atoms with E-state index in [9.17, 15) is 9.59 Å². The minimum absolute atomic E-state index is 0.0247. The van der Waals surface area contributed by atoms with Crippen LogP contribution in [0.2, 0.25) is 0 Å². The Hall–Kier alpha value is -3.71. The van der Waals surface area contributed by atoms with Crippen LogP contribution in [0.1, 0.15) is 41.9 Å². The molecule has 190 valence electrons. The second kappa shape index (κ2) is 9.98. The zero-order chi connectivity index (χ0) is 25.4.